The highest BCUT2D eigenvalue weighted by Gasteiger charge is 2.47. The summed E-state index contributed by atoms with van der Waals surface area (Å²) >= 11 is 0. The molecule has 2 atom stereocenters. The second kappa shape index (κ2) is 5.74. The molecule has 2 unspecified atom stereocenters. The maximum atomic E-state index is 12.0. The molecular formula is C14H21NO4. The summed E-state index contributed by atoms with van der Waals surface area (Å²) in [6.45, 7) is 2.04. The monoisotopic (exact) mass is 267 g/mol. The van der Waals surface area contributed by atoms with Crippen molar-refractivity contribution in [1.82, 2.24) is 5.32 Å². The van der Waals surface area contributed by atoms with Gasteiger partial charge in [0.25, 0.3) is 0 Å². The molecule has 0 radical (unpaired) electrons. The number of carboxylic acids is 1. The van der Waals surface area contributed by atoms with Gasteiger partial charge in [-0.15, -0.1) is 0 Å². The molecule has 0 saturated carbocycles. The zero-order chi connectivity index (χ0) is 13.9. The number of ether oxygens (including phenoxy) is 1. The van der Waals surface area contributed by atoms with E-state index in [-0.39, 0.29) is 19.1 Å². The first kappa shape index (κ1) is 14.1. The van der Waals surface area contributed by atoms with Crippen molar-refractivity contribution in [3.63, 3.8) is 0 Å². The number of nitrogens with one attached hydrogen (secondary N) is 1. The van der Waals surface area contributed by atoms with Crippen molar-refractivity contribution in [3.05, 3.63) is 11.6 Å². The van der Waals surface area contributed by atoms with Gasteiger partial charge in [0, 0.05) is 6.42 Å². The molecule has 0 aromatic carbocycles. The summed E-state index contributed by atoms with van der Waals surface area (Å²) in [5.41, 5.74) is 0.149. The minimum atomic E-state index is -1.02. The molecule has 1 amide bonds. The third kappa shape index (κ3) is 3.15. The smallest absolute Gasteiger partial charge is 0.313 e. The number of aliphatic carboxylic acids is 1. The molecule has 1 aliphatic carbocycles. The quantitative estimate of drug-likeness (QED) is 0.757. The van der Waals surface area contributed by atoms with Gasteiger partial charge >= 0.3 is 5.97 Å². The molecule has 1 saturated heterocycles. The zero-order valence-electron chi connectivity index (χ0n) is 11.3. The predicted molar refractivity (Wildman–Crippen MR) is 69.7 cm³/mol. The minimum absolute atomic E-state index is 0.101. The molecule has 1 heterocycles. The minimum Gasteiger partial charge on any atom is -0.481 e. The van der Waals surface area contributed by atoms with Gasteiger partial charge in [-0.25, -0.2) is 0 Å². The van der Waals surface area contributed by atoms with E-state index >= 15 is 0 Å². The molecule has 1 fully saturated rings. The molecule has 2 aliphatic rings. The van der Waals surface area contributed by atoms with E-state index in [1.54, 1.807) is 6.92 Å². The lowest BCUT2D eigenvalue weighted by atomic mass is 9.85. The highest BCUT2D eigenvalue weighted by atomic mass is 16.5. The number of amides is 1. The van der Waals surface area contributed by atoms with Crippen LogP contribution in [0.25, 0.3) is 0 Å². The van der Waals surface area contributed by atoms with Gasteiger partial charge in [0.2, 0.25) is 5.91 Å². The average molecular weight is 267 g/mol. The summed E-state index contributed by atoms with van der Waals surface area (Å²) < 4.78 is 5.21. The molecule has 2 rings (SSSR count). The number of carbonyl (C=O) groups is 2. The van der Waals surface area contributed by atoms with Crippen LogP contribution in [0.4, 0.5) is 0 Å². The van der Waals surface area contributed by atoms with Gasteiger partial charge in [-0.2, -0.15) is 0 Å². The normalized spacial score (nSPS) is 30.8. The van der Waals surface area contributed by atoms with Crippen LogP contribution < -0.4 is 5.32 Å². The summed E-state index contributed by atoms with van der Waals surface area (Å²) in [7, 11) is 0. The van der Waals surface area contributed by atoms with Gasteiger partial charge in [0.05, 0.1) is 19.3 Å². The van der Waals surface area contributed by atoms with Gasteiger partial charge in [0.1, 0.15) is 5.41 Å². The lowest BCUT2D eigenvalue weighted by Crippen LogP contribution is -2.49. The standard InChI is InChI=1S/C14H21NO4/c1-14(13(17)18)9-19-8-11(14)15-12(16)7-10-5-3-2-4-6-10/h5,11H,2-4,6-9H2,1H3,(H,15,16)(H,17,18). The Morgan fingerprint density at radius 2 is 2.32 bits per heavy atom. The largest absolute Gasteiger partial charge is 0.481 e. The maximum absolute atomic E-state index is 12.0. The van der Waals surface area contributed by atoms with Crippen LogP contribution in [0.15, 0.2) is 11.6 Å². The lowest BCUT2D eigenvalue weighted by molar-refractivity contribution is -0.149. The second-order valence-corrected chi connectivity index (χ2v) is 5.64. The van der Waals surface area contributed by atoms with Gasteiger partial charge in [-0.1, -0.05) is 11.6 Å². The summed E-state index contributed by atoms with van der Waals surface area (Å²) in [4.78, 5) is 23.2. The maximum Gasteiger partial charge on any atom is 0.313 e. The molecule has 2 N–H and O–H groups in total. The molecule has 0 bridgehead atoms. The fourth-order valence-electron chi connectivity index (χ4n) is 2.60. The molecule has 0 aromatic heterocycles. The third-order valence-electron chi connectivity index (χ3n) is 4.05. The van der Waals surface area contributed by atoms with E-state index in [2.05, 4.69) is 11.4 Å². The summed E-state index contributed by atoms with van der Waals surface area (Å²) in [6, 6.07) is -0.443. The Morgan fingerprint density at radius 1 is 1.53 bits per heavy atom. The Hall–Kier alpha value is -1.36. The first-order valence-corrected chi connectivity index (χ1v) is 6.81. The van der Waals surface area contributed by atoms with Crippen molar-refractivity contribution in [3.8, 4) is 0 Å². The number of carboxylic acid groups (broad SMARTS) is 1. The van der Waals surface area contributed by atoms with Gasteiger partial charge in [-0.3, -0.25) is 9.59 Å². The Kier molecular flexibility index (Phi) is 4.24. The van der Waals surface area contributed by atoms with Crippen LogP contribution in [-0.4, -0.2) is 36.2 Å². The van der Waals surface area contributed by atoms with Gasteiger partial charge in [0.15, 0.2) is 0 Å². The Bertz CT molecular complexity index is 404. The molecule has 0 spiro atoms. The SMILES string of the molecule is CC1(C(=O)O)COCC1NC(=O)CC1=CCCCC1. The number of rotatable bonds is 4. The third-order valence-corrected chi connectivity index (χ3v) is 4.05. The van der Waals surface area contributed by atoms with Crippen LogP contribution in [-0.2, 0) is 14.3 Å². The number of hydrogen-bond donors (Lipinski definition) is 2. The molecule has 19 heavy (non-hydrogen) atoms. The van der Waals surface area contributed by atoms with E-state index in [0.29, 0.717) is 6.42 Å². The lowest BCUT2D eigenvalue weighted by Gasteiger charge is -2.25. The fourth-order valence-corrected chi connectivity index (χ4v) is 2.60. The Morgan fingerprint density at radius 3 is 2.95 bits per heavy atom. The van der Waals surface area contributed by atoms with Crippen molar-refractivity contribution in [2.24, 2.45) is 5.41 Å². The summed E-state index contributed by atoms with van der Waals surface area (Å²) in [6.07, 6.45) is 6.86. The van der Waals surface area contributed by atoms with Crippen LogP contribution in [0.1, 0.15) is 39.0 Å². The van der Waals surface area contributed by atoms with Crippen LogP contribution >= 0.6 is 0 Å². The molecule has 5 heteroatoms. The molecule has 5 nitrogen and oxygen atoms in total. The van der Waals surface area contributed by atoms with Crippen molar-refractivity contribution < 1.29 is 19.4 Å². The van der Waals surface area contributed by atoms with E-state index < -0.39 is 17.4 Å². The fraction of sp³-hybridized carbons (Fsp3) is 0.714. The van der Waals surface area contributed by atoms with Gasteiger partial charge in [-0.05, 0) is 32.6 Å². The number of hydrogen-bond acceptors (Lipinski definition) is 3. The number of carbonyl (C=O) groups excluding carboxylic acids is 1. The topological polar surface area (TPSA) is 75.6 Å². The average Bonchev–Trinajstić information content (AvgIpc) is 2.73. The first-order valence-electron chi connectivity index (χ1n) is 6.81. The van der Waals surface area contributed by atoms with Crippen LogP contribution in [0.5, 0.6) is 0 Å². The zero-order valence-corrected chi connectivity index (χ0v) is 11.3. The Labute approximate surface area is 113 Å². The van der Waals surface area contributed by atoms with Crippen molar-refractivity contribution >= 4 is 11.9 Å². The van der Waals surface area contributed by atoms with Crippen molar-refractivity contribution in [2.45, 2.75) is 45.1 Å². The van der Waals surface area contributed by atoms with Crippen molar-refractivity contribution in [2.75, 3.05) is 13.2 Å². The van der Waals surface area contributed by atoms with E-state index in [0.717, 1.165) is 19.3 Å². The van der Waals surface area contributed by atoms with E-state index in [1.807, 2.05) is 0 Å². The van der Waals surface area contributed by atoms with Crippen LogP contribution in [0.3, 0.4) is 0 Å². The van der Waals surface area contributed by atoms with Crippen molar-refractivity contribution in [1.29, 1.82) is 0 Å². The molecule has 1 aliphatic heterocycles. The second-order valence-electron chi connectivity index (χ2n) is 5.64. The first-order chi connectivity index (χ1) is 9.02. The highest BCUT2D eigenvalue weighted by molar-refractivity contribution is 5.81. The van der Waals surface area contributed by atoms with Crippen LogP contribution in [0.2, 0.25) is 0 Å². The van der Waals surface area contributed by atoms with E-state index in [1.165, 1.54) is 12.0 Å². The van der Waals surface area contributed by atoms with E-state index in [4.69, 9.17) is 4.74 Å². The predicted octanol–water partition coefficient (Wildman–Crippen LogP) is 1.48. The van der Waals surface area contributed by atoms with E-state index in [9.17, 15) is 14.7 Å². The summed E-state index contributed by atoms with van der Waals surface area (Å²) in [5, 5.41) is 12.0. The highest BCUT2D eigenvalue weighted by Crippen LogP contribution is 2.29. The van der Waals surface area contributed by atoms with Gasteiger partial charge < -0.3 is 15.2 Å². The van der Waals surface area contributed by atoms with Crippen LogP contribution in [0, 0.1) is 5.41 Å². The number of allylic oxidation sites excluding steroid dienone is 1. The molecular weight excluding hydrogens is 246 g/mol. The molecule has 0 aromatic rings. The summed E-state index contributed by atoms with van der Waals surface area (Å²) in [5.74, 6) is -1.02. The molecule has 106 valence electrons. The Balaban J connectivity index is 1.91.